The second-order valence-electron chi connectivity index (χ2n) is 5.48. The highest BCUT2D eigenvalue weighted by atomic mass is 35.5. The van der Waals surface area contributed by atoms with Crippen LogP contribution < -0.4 is 5.73 Å². The molecule has 140 valence electrons. The Hall–Kier alpha value is -2.19. The third-order valence-electron chi connectivity index (χ3n) is 3.91. The number of aromatic nitrogens is 1. The van der Waals surface area contributed by atoms with E-state index in [0.29, 0.717) is 5.52 Å². The van der Waals surface area contributed by atoms with Gasteiger partial charge in [0.1, 0.15) is 0 Å². The molecule has 1 heterocycles. The minimum atomic E-state index is -4.65. The van der Waals surface area contributed by atoms with E-state index in [4.69, 9.17) is 5.73 Å². The Kier molecular flexibility index (Phi) is 5.30. The Bertz CT molecular complexity index is 927. The van der Waals surface area contributed by atoms with Crippen molar-refractivity contribution in [3.63, 3.8) is 0 Å². The summed E-state index contributed by atoms with van der Waals surface area (Å²) in [6, 6.07) is 7.65. The third-order valence-corrected chi connectivity index (χ3v) is 3.91. The molecule has 3 N–H and O–H groups in total. The van der Waals surface area contributed by atoms with Crippen molar-refractivity contribution in [2.24, 2.45) is 5.73 Å². The molecule has 2 nitrogen and oxygen atoms in total. The lowest BCUT2D eigenvalue weighted by Gasteiger charge is -2.14. The molecule has 0 spiro atoms. The largest absolute Gasteiger partial charge is 0.417 e. The van der Waals surface area contributed by atoms with Crippen molar-refractivity contribution >= 4 is 23.3 Å². The number of fused-ring (bicyclic) bond motifs is 1. The summed E-state index contributed by atoms with van der Waals surface area (Å²) in [6.07, 6.45) is -9.25. The van der Waals surface area contributed by atoms with Crippen LogP contribution in [0.3, 0.4) is 0 Å². The molecule has 0 unspecified atom stereocenters. The number of nitrogens with two attached hydrogens (primary N) is 1. The number of H-pyrrole nitrogens is 1. The second-order valence-corrected chi connectivity index (χ2v) is 5.48. The lowest BCUT2D eigenvalue weighted by molar-refractivity contribution is -0.138. The fourth-order valence-corrected chi connectivity index (χ4v) is 2.83. The van der Waals surface area contributed by atoms with Gasteiger partial charge in [0.2, 0.25) is 0 Å². The normalized spacial score (nSPS) is 12.3. The third kappa shape index (κ3) is 3.52. The smallest absolute Gasteiger partial charge is 0.357 e. The van der Waals surface area contributed by atoms with Gasteiger partial charge in [0.25, 0.3) is 0 Å². The van der Waals surface area contributed by atoms with E-state index in [-0.39, 0.29) is 41.2 Å². The van der Waals surface area contributed by atoms with E-state index >= 15 is 0 Å². The summed E-state index contributed by atoms with van der Waals surface area (Å²) in [5, 5.41) is 0.0481. The van der Waals surface area contributed by atoms with E-state index in [2.05, 4.69) is 4.98 Å². The summed E-state index contributed by atoms with van der Waals surface area (Å²) in [7, 11) is 0. The maximum atomic E-state index is 13.3. The Balaban J connectivity index is 0.00000243. The van der Waals surface area contributed by atoms with Crippen molar-refractivity contribution in [1.82, 2.24) is 4.98 Å². The average molecular weight is 395 g/mol. The van der Waals surface area contributed by atoms with Crippen LogP contribution in [0.1, 0.15) is 16.8 Å². The highest BCUT2D eigenvalue weighted by Gasteiger charge is 2.35. The predicted molar refractivity (Wildman–Crippen MR) is 88.9 cm³/mol. The maximum Gasteiger partial charge on any atom is 0.417 e. The van der Waals surface area contributed by atoms with E-state index in [0.717, 1.165) is 18.2 Å². The van der Waals surface area contributed by atoms with Crippen LogP contribution in [0.25, 0.3) is 22.0 Å². The molecule has 3 rings (SSSR count). The summed E-state index contributed by atoms with van der Waals surface area (Å²) in [5.41, 5.74) is 4.10. The van der Waals surface area contributed by atoms with E-state index in [1.807, 2.05) is 0 Å². The molecule has 0 saturated carbocycles. The van der Waals surface area contributed by atoms with Gasteiger partial charge in [-0.1, -0.05) is 18.2 Å². The number of aromatic amines is 1. The van der Waals surface area contributed by atoms with Crippen LogP contribution in [0.4, 0.5) is 26.3 Å². The Labute approximate surface area is 150 Å². The number of benzene rings is 2. The quantitative estimate of drug-likeness (QED) is 0.534. The number of hydrogen-bond donors (Lipinski definition) is 2. The molecular formula is C17H13ClF6N2. The van der Waals surface area contributed by atoms with Crippen molar-refractivity contribution in [3.8, 4) is 11.1 Å². The van der Waals surface area contributed by atoms with Crippen LogP contribution in [0.15, 0.2) is 42.5 Å². The molecule has 0 radical (unpaired) electrons. The fourth-order valence-electron chi connectivity index (χ4n) is 2.83. The van der Waals surface area contributed by atoms with Gasteiger partial charge in [-0.3, -0.25) is 0 Å². The molecule has 1 aromatic heterocycles. The lowest BCUT2D eigenvalue weighted by atomic mass is 9.95. The molecule has 0 atom stereocenters. The van der Waals surface area contributed by atoms with Gasteiger partial charge in [0, 0.05) is 28.7 Å². The van der Waals surface area contributed by atoms with Gasteiger partial charge in [0.05, 0.1) is 11.1 Å². The summed E-state index contributed by atoms with van der Waals surface area (Å²) >= 11 is 0. The average Bonchev–Trinajstić information content (AvgIpc) is 2.90. The number of nitrogens with one attached hydrogen (secondary N) is 1. The zero-order valence-electron chi connectivity index (χ0n) is 13.0. The minimum Gasteiger partial charge on any atom is -0.357 e. The van der Waals surface area contributed by atoms with Crippen molar-refractivity contribution in [3.05, 3.63) is 59.3 Å². The van der Waals surface area contributed by atoms with E-state index in [1.54, 1.807) is 0 Å². The number of hydrogen-bond acceptors (Lipinski definition) is 1. The topological polar surface area (TPSA) is 41.8 Å². The monoisotopic (exact) mass is 394 g/mol. The van der Waals surface area contributed by atoms with Crippen LogP contribution in [0.2, 0.25) is 0 Å². The first kappa shape index (κ1) is 20.1. The summed E-state index contributed by atoms with van der Waals surface area (Å²) in [5.74, 6) is 0. The highest BCUT2D eigenvalue weighted by Crippen LogP contribution is 2.42. The van der Waals surface area contributed by atoms with Gasteiger partial charge in [0.15, 0.2) is 0 Å². The molecule has 9 heteroatoms. The Morgan fingerprint density at radius 2 is 1.54 bits per heavy atom. The Morgan fingerprint density at radius 3 is 2.12 bits per heavy atom. The molecule has 26 heavy (non-hydrogen) atoms. The van der Waals surface area contributed by atoms with E-state index < -0.39 is 23.5 Å². The van der Waals surface area contributed by atoms with Gasteiger partial charge in [-0.05, 0) is 29.8 Å². The minimum absolute atomic E-state index is 0. The molecule has 3 aromatic rings. The predicted octanol–water partition coefficient (Wildman–Crippen LogP) is 5.75. The van der Waals surface area contributed by atoms with Crippen LogP contribution in [0.5, 0.6) is 0 Å². The standard InChI is InChI=1S/C17H12F6N2.ClH/c18-16(19,20)9-5-6-13-11(7-9)15(14(8-24)25-13)10-3-1-2-4-12(10)17(21,22)23;/h1-7,25H,8,24H2;1H. The number of halogens is 7. The van der Waals surface area contributed by atoms with Crippen molar-refractivity contribution in [1.29, 1.82) is 0 Å². The van der Waals surface area contributed by atoms with Crippen LogP contribution in [0, 0.1) is 0 Å². The zero-order chi connectivity index (χ0) is 18.4. The van der Waals surface area contributed by atoms with Crippen molar-refractivity contribution in [2.45, 2.75) is 18.9 Å². The van der Waals surface area contributed by atoms with Gasteiger partial charge in [-0.2, -0.15) is 26.3 Å². The first-order chi connectivity index (χ1) is 11.6. The van der Waals surface area contributed by atoms with E-state index in [1.165, 1.54) is 24.3 Å². The molecule has 0 aliphatic rings. The maximum absolute atomic E-state index is 13.3. The molecule has 0 aliphatic carbocycles. The van der Waals surface area contributed by atoms with Crippen LogP contribution in [-0.4, -0.2) is 4.98 Å². The molecular weight excluding hydrogens is 382 g/mol. The van der Waals surface area contributed by atoms with Crippen molar-refractivity contribution in [2.75, 3.05) is 0 Å². The first-order valence-corrected chi connectivity index (χ1v) is 7.21. The van der Waals surface area contributed by atoms with E-state index in [9.17, 15) is 26.3 Å². The SMILES string of the molecule is Cl.NCc1[nH]c2ccc(C(F)(F)F)cc2c1-c1ccccc1C(F)(F)F. The van der Waals surface area contributed by atoms with Gasteiger partial charge >= 0.3 is 12.4 Å². The molecule has 0 amide bonds. The molecule has 2 aromatic carbocycles. The van der Waals surface area contributed by atoms with Gasteiger partial charge < -0.3 is 10.7 Å². The molecule has 0 saturated heterocycles. The van der Waals surface area contributed by atoms with Crippen LogP contribution in [-0.2, 0) is 18.9 Å². The fraction of sp³-hybridized carbons (Fsp3) is 0.176. The highest BCUT2D eigenvalue weighted by molar-refractivity contribution is 5.98. The van der Waals surface area contributed by atoms with Gasteiger partial charge in [-0.15, -0.1) is 12.4 Å². The summed E-state index contributed by atoms with van der Waals surface area (Å²) in [6.45, 7) is -0.141. The Morgan fingerprint density at radius 1 is 0.885 bits per heavy atom. The zero-order valence-corrected chi connectivity index (χ0v) is 13.8. The summed E-state index contributed by atoms with van der Waals surface area (Å²) in [4.78, 5) is 2.81. The lowest BCUT2D eigenvalue weighted by Crippen LogP contribution is -2.08. The number of rotatable bonds is 2. The van der Waals surface area contributed by atoms with Gasteiger partial charge in [-0.25, -0.2) is 0 Å². The van der Waals surface area contributed by atoms with Crippen molar-refractivity contribution < 1.29 is 26.3 Å². The number of alkyl halides is 6. The summed E-state index contributed by atoms with van der Waals surface area (Å²) < 4.78 is 78.9. The van der Waals surface area contributed by atoms with Crippen LogP contribution >= 0.6 is 12.4 Å². The molecule has 0 fully saturated rings. The molecule has 0 aliphatic heterocycles. The second kappa shape index (κ2) is 6.85. The first-order valence-electron chi connectivity index (χ1n) is 7.21. The molecule has 0 bridgehead atoms.